The fourth-order valence-corrected chi connectivity index (χ4v) is 3.09. The molecule has 1 aromatic heterocycles. The molecule has 0 fully saturated rings. The Morgan fingerprint density at radius 1 is 0.962 bits per heavy atom. The molecule has 0 atom stereocenters. The molecule has 0 unspecified atom stereocenters. The molecule has 1 N–H and O–H groups in total. The molecule has 0 aliphatic rings. The van der Waals surface area contributed by atoms with Crippen molar-refractivity contribution in [3.63, 3.8) is 0 Å². The second-order valence-corrected chi connectivity index (χ2v) is 6.43. The minimum atomic E-state index is -0.483. The highest BCUT2D eigenvalue weighted by molar-refractivity contribution is 7.99. The maximum absolute atomic E-state index is 12.5. The van der Waals surface area contributed by atoms with Crippen molar-refractivity contribution < 1.29 is 14.3 Å². The van der Waals surface area contributed by atoms with Crippen LogP contribution in [0.3, 0.4) is 0 Å². The summed E-state index contributed by atoms with van der Waals surface area (Å²) in [6, 6.07) is 19.7. The Balaban J connectivity index is 1.75. The normalized spacial score (nSPS) is 10.2. The van der Waals surface area contributed by atoms with Crippen LogP contribution in [0, 0.1) is 0 Å². The molecule has 3 aromatic rings. The number of aromatic nitrogens is 1. The van der Waals surface area contributed by atoms with Crippen LogP contribution >= 0.6 is 11.8 Å². The second kappa shape index (κ2) is 8.31. The van der Waals surface area contributed by atoms with Crippen molar-refractivity contribution in [2.24, 2.45) is 0 Å². The highest BCUT2D eigenvalue weighted by Gasteiger charge is 2.15. The molecule has 6 heteroatoms. The van der Waals surface area contributed by atoms with Crippen molar-refractivity contribution >= 4 is 29.3 Å². The van der Waals surface area contributed by atoms with E-state index in [2.05, 4.69) is 10.3 Å². The molecule has 3 rings (SSSR count). The standard InChI is InChI=1S/C20H16N2O3S/c1-14(23)22-15-9-11-16(12-10-15)25-20(24)18-8-5-13-21-19(18)26-17-6-3-2-4-7-17/h2-13H,1H3,(H,22,23). The molecule has 1 heterocycles. The predicted molar refractivity (Wildman–Crippen MR) is 101 cm³/mol. The van der Waals surface area contributed by atoms with Gasteiger partial charge in [-0.3, -0.25) is 4.79 Å². The molecule has 0 saturated heterocycles. The number of carbonyl (C=O) groups excluding carboxylic acids is 2. The average molecular weight is 364 g/mol. The molecule has 130 valence electrons. The third-order valence-electron chi connectivity index (χ3n) is 3.33. The number of amides is 1. The van der Waals surface area contributed by atoms with Crippen molar-refractivity contribution in [2.75, 3.05) is 5.32 Å². The van der Waals surface area contributed by atoms with E-state index in [1.165, 1.54) is 18.7 Å². The van der Waals surface area contributed by atoms with E-state index in [9.17, 15) is 9.59 Å². The summed E-state index contributed by atoms with van der Waals surface area (Å²) in [5.41, 5.74) is 1.03. The number of nitrogens with zero attached hydrogens (tertiary/aromatic N) is 1. The number of carbonyl (C=O) groups is 2. The predicted octanol–water partition coefficient (Wildman–Crippen LogP) is 4.41. The summed E-state index contributed by atoms with van der Waals surface area (Å²) in [7, 11) is 0. The molecule has 0 spiro atoms. The van der Waals surface area contributed by atoms with Crippen LogP contribution in [0.2, 0.25) is 0 Å². The zero-order valence-electron chi connectivity index (χ0n) is 14.0. The number of esters is 1. The van der Waals surface area contributed by atoms with Crippen LogP contribution in [-0.2, 0) is 4.79 Å². The Bertz CT molecular complexity index is 912. The number of rotatable bonds is 5. The summed E-state index contributed by atoms with van der Waals surface area (Å²) in [6.07, 6.45) is 1.64. The Morgan fingerprint density at radius 2 is 1.69 bits per heavy atom. The minimum Gasteiger partial charge on any atom is -0.423 e. The summed E-state index contributed by atoms with van der Waals surface area (Å²) < 4.78 is 5.43. The number of nitrogens with one attached hydrogen (secondary N) is 1. The maximum atomic E-state index is 12.5. The summed E-state index contributed by atoms with van der Waals surface area (Å²) >= 11 is 1.40. The molecule has 0 aliphatic heterocycles. The highest BCUT2D eigenvalue weighted by atomic mass is 32.2. The monoisotopic (exact) mass is 364 g/mol. The first-order chi connectivity index (χ1) is 12.6. The first-order valence-corrected chi connectivity index (χ1v) is 8.71. The number of benzene rings is 2. The van der Waals surface area contributed by atoms with Crippen molar-refractivity contribution in [1.82, 2.24) is 4.98 Å². The molecule has 0 aliphatic carbocycles. The van der Waals surface area contributed by atoms with E-state index in [0.29, 0.717) is 22.0 Å². The van der Waals surface area contributed by atoms with Gasteiger partial charge in [0.2, 0.25) is 5.91 Å². The fourth-order valence-electron chi connectivity index (χ4n) is 2.20. The van der Waals surface area contributed by atoms with E-state index in [1.807, 2.05) is 30.3 Å². The molecule has 0 radical (unpaired) electrons. The smallest absolute Gasteiger partial charge is 0.346 e. The van der Waals surface area contributed by atoms with E-state index in [1.54, 1.807) is 42.6 Å². The van der Waals surface area contributed by atoms with Gasteiger partial charge in [0, 0.05) is 23.7 Å². The van der Waals surface area contributed by atoms with E-state index in [4.69, 9.17) is 4.74 Å². The molecule has 1 amide bonds. The van der Waals surface area contributed by atoms with Gasteiger partial charge in [-0.1, -0.05) is 30.0 Å². The van der Waals surface area contributed by atoms with Crippen molar-refractivity contribution in [3.8, 4) is 5.75 Å². The zero-order chi connectivity index (χ0) is 18.4. The fraction of sp³-hybridized carbons (Fsp3) is 0.0500. The first-order valence-electron chi connectivity index (χ1n) is 7.89. The summed E-state index contributed by atoms with van der Waals surface area (Å²) in [6.45, 7) is 1.43. The van der Waals surface area contributed by atoms with Gasteiger partial charge in [-0.2, -0.15) is 0 Å². The van der Waals surface area contributed by atoms with Gasteiger partial charge in [0.15, 0.2) is 0 Å². The van der Waals surface area contributed by atoms with Gasteiger partial charge in [-0.15, -0.1) is 0 Å². The van der Waals surface area contributed by atoms with Gasteiger partial charge >= 0.3 is 5.97 Å². The Hall–Kier alpha value is -3.12. The number of ether oxygens (including phenoxy) is 1. The zero-order valence-corrected chi connectivity index (χ0v) is 14.8. The molecule has 5 nitrogen and oxygen atoms in total. The van der Waals surface area contributed by atoms with E-state index in [-0.39, 0.29) is 5.91 Å². The molecule has 0 bridgehead atoms. The Kier molecular flexibility index (Phi) is 5.66. The number of hydrogen-bond acceptors (Lipinski definition) is 5. The minimum absolute atomic E-state index is 0.160. The quantitative estimate of drug-likeness (QED) is 0.536. The van der Waals surface area contributed by atoms with Gasteiger partial charge in [0.1, 0.15) is 10.8 Å². The van der Waals surface area contributed by atoms with Crippen LogP contribution in [0.15, 0.2) is 82.8 Å². The van der Waals surface area contributed by atoms with Crippen LogP contribution in [-0.4, -0.2) is 16.9 Å². The summed E-state index contributed by atoms with van der Waals surface area (Å²) in [5, 5.41) is 3.24. The molecule has 0 saturated carbocycles. The van der Waals surface area contributed by atoms with Crippen LogP contribution in [0.1, 0.15) is 17.3 Å². The highest BCUT2D eigenvalue weighted by Crippen LogP contribution is 2.29. The van der Waals surface area contributed by atoms with E-state index in [0.717, 1.165) is 4.90 Å². The lowest BCUT2D eigenvalue weighted by Gasteiger charge is -2.09. The lowest BCUT2D eigenvalue weighted by molar-refractivity contribution is -0.114. The molecule has 26 heavy (non-hydrogen) atoms. The van der Waals surface area contributed by atoms with Gasteiger partial charge < -0.3 is 10.1 Å². The van der Waals surface area contributed by atoms with Crippen molar-refractivity contribution in [2.45, 2.75) is 16.8 Å². The van der Waals surface area contributed by atoms with Crippen LogP contribution in [0.4, 0.5) is 5.69 Å². The second-order valence-electron chi connectivity index (χ2n) is 5.37. The molecular formula is C20H16N2O3S. The van der Waals surface area contributed by atoms with Gasteiger partial charge in [0.05, 0.1) is 5.56 Å². The molecule has 2 aromatic carbocycles. The van der Waals surface area contributed by atoms with Crippen LogP contribution in [0.5, 0.6) is 5.75 Å². The largest absolute Gasteiger partial charge is 0.423 e. The Morgan fingerprint density at radius 3 is 2.38 bits per heavy atom. The van der Waals surface area contributed by atoms with E-state index >= 15 is 0 Å². The SMILES string of the molecule is CC(=O)Nc1ccc(OC(=O)c2cccnc2Sc2ccccc2)cc1. The van der Waals surface area contributed by atoms with Gasteiger partial charge in [-0.25, -0.2) is 9.78 Å². The lowest BCUT2D eigenvalue weighted by atomic mass is 10.3. The summed E-state index contributed by atoms with van der Waals surface area (Å²) in [4.78, 5) is 28.9. The van der Waals surface area contributed by atoms with Crippen LogP contribution in [0.25, 0.3) is 0 Å². The average Bonchev–Trinajstić information content (AvgIpc) is 2.64. The molecular weight excluding hydrogens is 348 g/mol. The van der Waals surface area contributed by atoms with Crippen LogP contribution < -0.4 is 10.1 Å². The third kappa shape index (κ3) is 4.70. The topological polar surface area (TPSA) is 68.3 Å². The van der Waals surface area contributed by atoms with Crippen molar-refractivity contribution in [1.29, 1.82) is 0 Å². The number of anilines is 1. The summed E-state index contributed by atoms with van der Waals surface area (Å²) in [5.74, 6) is -0.250. The van der Waals surface area contributed by atoms with E-state index < -0.39 is 5.97 Å². The van der Waals surface area contributed by atoms with Crippen molar-refractivity contribution in [3.05, 3.63) is 78.5 Å². The Labute approximate surface area is 155 Å². The first kappa shape index (κ1) is 17.7. The van der Waals surface area contributed by atoms with Gasteiger partial charge in [-0.05, 0) is 48.5 Å². The van der Waals surface area contributed by atoms with Gasteiger partial charge in [0.25, 0.3) is 0 Å². The maximum Gasteiger partial charge on any atom is 0.346 e. The number of pyridine rings is 1. The third-order valence-corrected chi connectivity index (χ3v) is 4.36. The number of hydrogen-bond donors (Lipinski definition) is 1. The lowest BCUT2D eigenvalue weighted by Crippen LogP contribution is -2.11.